The van der Waals surface area contributed by atoms with Crippen LogP contribution in [0, 0.1) is 0 Å². The minimum Gasteiger partial charge on any atom is -0.374 e. The lowest BCUT2D eigenvalue weighted by Gasteiger charge is -2.36. The van der Waals surface area contributed by atoms with Crippen LogP contribution in [0.1, 0.15) is 26.7 Å². The molecule has 0 aliphatic carbocycles. The lowest BCUT2D eigenvalue weighted by Crippen LogP contribution is -2.53. The second kappa shape index (κ2) is 6.35. The van der Waals surface area contributed by atoms with E-state index in [9.17, 15) is 0 Å². The number of morpholine rings is 1. The summed E-state index contributed by atoms with van der Waals surface area (Å²) in [6.07, 6.45) is 2.48. The van der Waals surface area contributed by atoms with Gasteiger partial charge in [-0.25, -0.2) is 0 Å². The van der Waals surface area contributed by atoms with Crippen LogP contribution < -0.4 is 11.3 Å². The van der Waals surface area contributed by atoms with E-state index in [1.165, 1.54) is 13.0 Å². The standard InChI is InChI=1S/C10H23N3O/c1-3-5-13-6-7-14-10(8-13)9(4-2)12-11/h9-10,12H,3-8,11H2,1-2H3. The maximum absolute atomic E-state index is 5.71. The molecule has 0 amide bonds. The van der Waals surface area contributed by atoms with Gasteiger partial charge in [0.1, 0.15) is 0 Å². The molecular weight excluding hydrogens is 178 g/mol. The highest BCUT2D eigenvalue weighted by molar-refractivity contribution is 4.80. The Morgan fingerprint density at radius 3 is 2.93 bits per heavy atom. The number of rotatable bonds is 5. The fourth-order valence-electron chi connectivity index (χ4n) is 1.98. The van der Waals surface area contributed by atoms with Gasteiger partial charge in [-0.05, 0) is 19.4 Å². The van der Waals surface area contributed by atoms with E-state index < -0.39 is 0 Å². The van der Waals surface area contributed by atoms with E-state index in [1.807, 2.05) is 0 Å². The Kier molecular flexibility index (Phi) is 5.40. The molecule has 4 heteroatoms. The van der Waals surface area contributed by atoms with Crippen LogP contribution in [0.5, 0.6) is 0 Å². The van der Waals surface area contributed by atoms with Crippen molar-refractivity contribution >= 4 is 0 Å². The largest absolute Gasteiger partial charge is 0.374 e. The first-order valence-electron chi connectivity index (χ1n) is 5.61. The summed E-state index contributed by atoms with van der Waals surface area (Å²) in [5.74, 6) is 5.49. The number of hydrazine groups is 1. The maximum Gasteiger partial charge on any atom is 0.0868 e. The molecule has 0 aromatic heterocycles. The van der Waals surface area contributed by atoms with Crippen LogP contribution in [0.3, 0.4) is 0 Å². The van der Waals surface area contributed by atoms with Crippen molar-refractivity contribution in [2.75, 3.05) is 26.2 Å². The number of nitrogens with zero attached hydrogens (tertiary/aromatic N) is 1. The van der Waals surface area contributed by atoms with Crippen LogP contribution in [0.25, 0.3) is 0 Å². The van der Waals surface area contributed by atoms with Crippen LogP contribution in [0.15, 0.2) is 0 Å². The Bertz CT molecular complexity index is 148. The first-order valence-corrected chi connectivity index (χ1v) is 5.61. The van der Waals surface area contributed by atoms with E-state index in [1.54, 1.807) is 0 Å². The summed E-state index contributed by atoms with van der Waals surface area (Å²) in [4.78, 5) is 2.45. The van der Waals surface area contributed by atoms with Gasteiger partial charge in [0.05, 0.1) is 12.7 Å². The zero-order chi connectivity index (χ0) is 10.4. The monoisotopic (exact) mass is 201 g/mol. The molecule has 0 bridgehead atoms. The zero-order valence-corrected chi connectivity index (χ0v) is 9.33. The van der Waals surface area contributed by atoms with E-state index in [0.717, 1.165) is 26.1 Å². The van der Waals surface area contributed by atoms with E-state index in [0.29, 0.717) is 0 Å². The van der Waals surface area contributed by atoms with Crippen LogP contribution >= 0.6 is 0 Å². The molecular formula is C10H23N3O. The third-order valence-corrected chi connectivity index (χ3v) is 2.82. The minimum absolute atomic E-state index is 0.255. The molecule has 0 spiro atoms. The van der Waals surface area contributed by atoms with Gasteiger partial charge in [-0.2, -0.15) is 0 Å². The number of ether oxygens (including phenoxy) is 1. The molecule has 2 atom stereocenters. The molecule has 84 valence electrons. The van der Waals surface area contributed by atoms with Gasteiger partial charge in [0, 0.05) is 19.1 Å². The van der Waals surface area contributed by atoms with Crippen molar-refractivity contribution in [3.05, 3.63) is 0 Å². The summed E-state index contributed by atoms with van der Waals surface area (Å²) in [7, 11) is 0. The highest BCUT2D eigenvalue weighted by Crippen LogP contribution is 2.10. The molecule has 0 radical (unpaired) electrons. The molecule has 2 unspecified atom stereocenters. The van der Waals surface area contributed by atoms with Gasteiger partial charge in [0.15, 0.2) is 0 Å². The Morgan fingerprint density at radius 2 is 2.36 bits per heavy atom. The quantitative estimate of drug-likeness (QED) is 0.497. The average Bonchev–Trinajstić information content (AvgIpc) is 2.21. The van der Waals surface area contributed by atoms with Gasteiger partial charge in [-0.1, -0.05) is 13.8 Å². The minimum atomic E-state index is 0.255. The summed E-state index contributed by atoms with van der Waals surface area (Å²) < 4.78 is 5.71. The molecule has 1 fully saturated rings. The Hall–Kier alpha value is -0.160. The summed E-state index contributed by atoms with van der Waals surface area (Å²) in [6, 6.07) is 0.287. The number of nitrogens with two attached hydrogens (primary N) is 1. The lowest BCUT2D eigenvalue weighted by atomic mass is 10.1. The number of nitrogens with one attached hydrogen (secondary N) is 1. The van der Waals surface area contributed by atoms with E-state index >= 15 is 0 Å². The predicted molar refractivity (Wildman–Crippen MR) is 57.9 cm³/mol. The third kappa shape index (κ3) is 3.20. The van der Waals surface area contributed by atoms with Crippen molar-refractivity contribution in [3.63, 3.8) is 0 Å². The Balaban J connectivity index is 2.38. The summed E-state index contributed by atoms with van der Waals surface area (Å²) in [5.41, 5.74) is 2.83. The van der Waals surface area contributed by atoms with Crippen molar-refractivity contribution in [2.45, 2.75) is 38.8 Å². The molecule has 0 aromatic carbocycles. The highest BCUT2D eigenvalue weighted by Gasteiger charge is 2.25. The molecule has 3 N–H and O–H groups in total. The third-order valence-electron chi connectivity index (χ3n) is 2.82. The molecule has 0 saturated carbocycles. The fourth-order valence-corrected chi connectivity index (χ4v) is 1.98. The first kappa shape index (κ1) is 11.9. The van der Waals surface area contributed by atoms with Gasteiger partial charge >= 0.3 is 0 Å². The summed E-state index contributed by atoms with van der Waals surface area (Å²) in [5, 5.41) is 0. The Labute approximate surface area is 86.8 Å². The molecule has 14 heavy (non-hydrogen) atoms. The van der Waals surface area contributed by atoms with Crippen LogP contribution in [0.2, 0.25) is 0 Å². The molecule has 1 aliphatic heterocycles. The number of hydrogen-bond donors (Lipinski definition) is 2. The zero-order valence-electron chi connectivity index (χ0n) is 9.33. The maximum atomic E-state index is 5.71. The van der Waals surface area contributed by atoms with Gasteiger partial charge in [-0.3, -0.25) is 16.2 Å². The fraction of sp³-hybridized carbons (Fsp3) is 1.00. The summed E-state index contributed by atoms with van der Waals surface area (Å²) in [6.45, 7) is 8.42. The van der Waals surface area contributed by atoms with Gasteiger partial charge < -0.3 is 4.74 Å². The van der Waals surface area contributed by atoms with E-state index in [4.69, 9.17) is 10.6 Å². The van der Waals surface area contributed by atoms with Gasteiger partial charge in [0.2, 0.25) is 0 Å². The predicted octanol–water partition coefficient (Wildman–Crippen LogP) is 0.339. The van der Waals surface area contributed by atoms with Crippen molar-refractivity contribution in [1.29, 1.82) is 0 Å². The van der Waals surface area contributed by atoms with E-state index in [2.05, 4.69) is 24.2 Å². The van der Waals surface area contributed by atoms with Gasteiger partial charge in [-0.15, -0.1) is 0 Å². The molecule has 4 nitrogen and oxygen atoms in total. The normalized spacial score (nSPS) is 26.4. The SMILES string of the molecule is CCCN1CCOC(C(CC)NN)C1. The lowest BCUT2D eigenvalue weighted by molar-refractivity contribution is -0.0468. The molecule has 1 saturated heterocycles. The van der Waals surface area contributed by atoms with Crippen molar-refractivity contribution in [1.82, 2.24) is 10.3 Å². The number of hydrogen-bond acceptors (Lipinski definition) is 4. The molecule has 1 aliphatic rings. The summed E-state index contributed by atoms with van der Waals surface area (Å²) >= 11 is 0. The topological polar surface area (TPSA) is 50.5 Å². The Morgan fingerprint density at radius 1 is 1.57 bits per heavy atom. The second-order valence-electron chi connectivity index (χ2n) is 3.89. The van der Waals surface area contributed by atoms with Gasteiger partial charge in [0.25, 0.3) is 0 Å². The van der Waals surface area contributed by atoms with E-state index in [-0.39, 0.29) is 12.1 Å². The molecule has 1 heterocycles. The molecule has 0 aromatic rings. The highest BCUT2D eigenvalue weighted by atomic mass is 16.5. The second-order valence-corrected chi connectivity index (χ2v) is 3.89. The first-order chi connectivity index (χ1) is 6.81. The smallest absolute Gasteiger partial charge is 0.0868 e. The van der Waals surface area contributed by atoms with Crippen LogP contribution in [0.4, 0.5) is 0 Å². The molecule has 1 rings (SSSR count). The van der Waals surface area contributed by atoms with Crippen LogP contribution in [-0.2, 0) is 4.74 Å². The van der Waals surface area contributed by atoms with Crippen molar-refractivity contribution in [2.24, 2.45) is 5.84 Å². The average molecular weight is 201 g/mol. The van der Waals surface area contributed by atoms with Crippen molar-refractivity contribution in [3.8, 4) is 0 Å². The van der Waals surface area contributed by atoms with Crippen LogP contribution in [-0.4, -0.2) is 43.3 Å². The van der Waals surface area contributed by atoms with Crippen molar-refractivity contribution < 1.29 is 4.74 Å².